The molecule has 5 nitrogen and oxygen atoms in total. The normalized spacial score (nSPS) is 21.3. The van der Waals surface area contributed by atoms with Crippen LogP contribution >= 0.6 is 0 Å². The van der Waals surface area contributed by atoms with Crippen molar-refractivity contribution >= 4 is 17.5 Å². The van der Waals surface area contributed by atoms with Gasteiger partial charge in [-0.25, -0.2) is 0 Å². The lowest BCUT2D eigenvalue weighted by Gasteiger charge is -2.30. The smallest absolute Gasteiger partial charge is 0.227 e. The van der Waals surface area contributed by atoms with E-state index in [4.69, 9.17) is 0 Å². The Bertz CT molecular complexity index is 695. The van der Waals surface area contributed by atoms with Gasteiger partial charge in [0.1, 0.15) is 0 Å². The SMILES string of the molecule is Cc1cccc(N2CC(C(=O)NCCCCN3CCC(C)CC3)CC2=O)c1C. The molecule has 0 saturated carbocycles. The molecule has 5 heteroatoms. The van der Waals surface area contributed by atoms with Gasteiger partial charge in [0.2, 0.25) is 11.8 Å². The van der Waals surface area contributed by atoms with E-state index in [1.165, 1.54) is 31.5 Å². The van der Waals surface area contributed by atoms with Gasteiger partial charge < -0.3 is 15.1 Å². The third-order valence-corrected chi connectivity index (χ3v) is 6.44. The van der Waals surface area contributed by atoms with E-state index in [0.29, 0.717) is 19.5 Å². The van der Waals surface area contributed by atoms with Crippen molar-refractivity contribution in [3.05, 3.63) is 29.3 Å². The molecule has 1 N–H and O–H groups in total. The predicted octanol–water partition coefficient (Wildman–Crippen LogP) is 3.28. The summed E-state index contributed by atoms with van der Waals surface area (Å²) in [6.07, 6.45) is 5.05. The maximum Gasteiger partial charge on any atom is 0.227 e. The van der Waals surface area contributed by atoms with Crippen LogP contribution in [0.1, 0.15) is 50.2 Å². The van der Waals surface area contributed by atoms with Crippen molar-refractivity contribution in [1.29, 1.82) is 0 Å². The van der Waals surface area contributed by atoms with Crippen molar-refractivity contribution in [1.82, 2.24) is 10.2 Å². The minimum Gasteiger partial charge on any atom is -0.356 e. The van der Waals surface area contributed by atoms with E-state index < -0.39 is 0 Å². The van der Waals surface area contributed by atoms with Crippen LogP contribution in [-0.2, 0) is 9.59 Å². The average molecular weight is 386 g/mol. The minimum absolute atomic E-state index is 0.0213. The summed E-state index contributed by atoms with van der Waals surface area (Å²) in [5.74, 6) is 0.699. The number of carbonyl (C=O) groups is 2. The third-order valence-electron chi connectivity index (χ3n) is 6.44. The summed E-state index contributed by atoms with van der Waals surface area (Å²) in [7, 11) is 0. The molecule has 2 aliphatic rings. The van der Waals surface area contributed by atoms with E-state index in [1.807, 2.05) is 32.0 Å². The number of carbonyl (C=O) groups excluding carboxylic acids is 2. The number of piperidine rings is 1. The number of rotatable bonds is 7. The molecule has 3 rings (SSSR count). The number of anilines is 1. The quantitative estimate of drug-likeness (QED) is 0.733. The Hall–Kier alpha value is -1.88. The van der Waals surface area contributed by atoms with Crippen LogP contribution < -0.4 is 10.2 Å². The molecule has 2 amide bonds. The maximum absolute atomic E-state index is 12.5. The number of amides is 2. The number of likely N-dealkylation sites (tertiary alicyclic amines) is 1. The highest BCUT2D eigenvalue weighted by atomic mass is 16.2. The molecule has 154 valence electrons. The lowest BCUT2D eigenvalue weighted by Crippen LogP contribution is -2.35. The molecular weight excluding hydrogens is 350 g/mol. The summed E-state index contributed by atoms with van der Waals surface area (Å²) in [5, 5.41) is 3.05. The highest BCUT2D eigenvalue weighted by molar-refractivity contribution is 6.00. The molecule has 1 unspecified atom stereocenters. The molecule has 1 aromatic rings. The van der Waals surface area contributed by atoms with Crippen LogP contribution in [0.3, 0.4) is 0 Å². The first-order valence-corrected chi connectivity index (χ1v) is 10.8. The van der Waals surface area contributed by atoms with Gasteiger partial charge in [-0.3, -0.25) is 9.59 Å². The maximum atomic E-state index is 12.5. The highest BCUT2D eigenvalue weighted by Crippen LogP contribution is 2.29. The summed E-state index contributed by atoms with van der Waals surface area (Å²) in [5.41, 5.74) is 3.22. The van der Waals surface area contributed by atoms with Crippen LogP contribution in [-0.4, -0.2) is 49.4 Å². The molecule has 0 bridgehead atoms. The van der Waals surface area contributed by atoms with Crippen molar-refractivity contribution in [2.75, 3.05) is 37.6 Å². The number of benzene rings is 1. The van der Waals surface area contributed by atoms with Gasteiger partial charge in [-0.2, -0.15) is 0 Å². The van der Waals surface area contributed by atoms with Gasteiger partial charge in [-0.05, 0) is 82.3 Å². The van der Waals surface area contributed by atoms with E-state index in [0.717, 1.165) is 36.6 Å². The topological polar surface area (TPSA) is 52.7 Å². The van der Waals surface area contributed by atoms with Gasteiger partial charge in [-0.15, -0.1) is 0 Å². The molecule has 1 atom stereocenters. The molecule has 2 aliphatic heterocycles. The Labute approximate surface area is 169 Å². The van der Waals surface area contributed by atoms with Crippen LogP contribution in [0.4, 0.5) is 5.69 Å². The van der Waals surface area contributed by atoms with Crippen molar-refractivity contribution in [3.63, 3.8) is 0 Å². The Morgan fingerprint density at radius 2 is 1.93 bits per heavy atom. The number of hydrogen-bond donors (Lipinski definition) is 1. The van der Waals surface area contributed by atoms with Crippen molar-refractivity contribution in [2.24, 2.45) is 11.8 Å². The third kappa shape index (κ3) is 5.13. The number of aryl methyl sites for hydroxylation is 1. The van der Waals surface area contributed by atoms with Gasteiger partial charge in [0.05, 0.1) is 5.92 Å². The van der Waals surface area contributed by atoms with Gasteiger partial charge in [0.25, 0.3) is 0 Å². The molecule has 2 heterocycles. The zero-order valence-corrected chi connectivity index (χ0v) is 17.7. The van der Waals surface area contributed by atoms with Crippen LogP contribution in [0.5, 0.6) is 0 Å². The number of unbranched alkanes of at least 4 members (excludes halogenated alkanes) is 1. The van der Waals surface area contributed by atoms with Crippen LogP contribution in [0.25, 0.3) is 0 Å². The second-order valence-electron chi connectivity index (χ2n) is 8.65. The number of hydrogen-bond acceptors (Lipinski definition) is 3. The van der Waals surface area contributed by atoms with Gasteiger partial charge in [-0.1, -0.05) is 19.1 Å². The molecule has 0 aromatic heterocycles. The van der Waals surface area contributed by atoms with E-state index in [1.54, 1.807) is 4.90 Å². The summed E-state index contributed by atoms with van der Waals surface area (Å²) >= 11 is 0. The molecule has 0 radical (unpaired) electrons. The molecule has 2 fully saturated rings. The number of nitrogens with one attached hydrogen (secondary N) is 1. The molecule has 28 heavy (non-hydrogen) atoms. The fraction of sp³-hybridized carbons (Fsp3) is 0.652. The summed E-state index contributed by atoms with van der Waals surface area (Å²) in [6.45, 7) is 11.2. The zero-order valence-electron chi connectivity index (χ0n) is 17.7. The second kappa shape index (κ2) is 9.55. The van der Waals surface area contributed by atoms with E-state index >= 15 is 0 Å². The Balaban J connectivity index is 1.39. The van der Waals surface area contributed by atoms with Crippen LogP contribution in [0, 0.1) is 25.7 Å². The van der Waals surface area contributed by atoms with Crippen LogP contribution in [0.15, 0.2) is 18.2 Å². The van der Waals surface area contributed by atoms with Crippen molar-refractivity contribution in [3.8, 4) is 0 Å². The standard InChI is InChI=1S/C23H35N3O2/c1-17-9-13-25(14-10-17)12-5-4-11-24-23(28)20-15-22(27)26(16-20)21-8-6-7-18(2)19(21)3/h6-8,17,20H,4-5,9-16H2,1-3H3,(H,24,28). The molecule has 1 aromatic carbocycles. The first kappa shape index (κ1) is 20.8. The average Bonchev–Trinajstić information content (AvgIpc) is 3.06. The Morgan fingerprint density at radius 3 is 2.68 bits per heavy atom. The Morgan fingerprint density at radius 1 is 1.18 bits per heavy atom. The highest BCUT2D eigenvalue weighted by Gasteiger charge is 2.35. The lowest BCUT2D eigenvalue weighted by atomic mass is 9.99. The first-order chi connectivity index (χ1) is 13.5. The predicted molar refractivity (Wildman–Crippen MR) is 113 cm³/mol. The largest absolute Gasteiger partial charge is 0.356 e. The van der Waals surface area contributed by atoms with Gasteiger partial charge >= 0.3 is 0 Å². The monoisotopic (exact) mass is 385 g/mol. The van der Waals surface area contributed by atoms with E-state index in [9.17, 15) is 9.59 Å². The Kier molecular flexibility index (Phi) is 7.11. The molecule has 0 spiro atoms. The fourth-order valence-electron chi connectivity index (χ4n) is 4.25. The first-order valence-electron chi connectivity index (χ1n) is 10.8. The fourth-order valence-corrected chi connectivity index (χ4v) is 4.25. The lowest BCUT2D eigenvalue weighted by molar-refractivity contribution is -0.126. The van der Waals surface area contributed by atoms with Gasteiger partial charge in [0.15, 0.2) is 0 Å². The number of nitrogens with zero attached hydrogens (tertiary/aromatic N) is 2. The van der Waals surface area contributed by atoms with Crippen molar-refractivity contribution in [2.45, 2.75) is 52.9 Å². The summed E-state index contributed by atoms with van der Waals surface area (Å²) < 4.78 is 0. The molecule has 2 saturated heterocycles. The molecule has 0 aliphatic carbocycles. The van der Waals surface area contributed by atoms with Crippen LogP contribution in [0.2, 0.25) is 0 Å². The summed E-state index contributed by atoms with van der Waals surface area (Å²) in [4.78, 5) is 29.3. The zero-order chi connectivity index (χ0) is 20.1. The van der Waals surface area contributed by atoms with Crippen molar-refractivity contribution < 1.29 is 9.59 Å². The van der Waals surface area contributed by atoms with E-state index in [-0.39, 0.29) is 17.7 Å². The molecular formula is C23H35N3O2. The van der Waals surface area contributed by atoms with E-state index in [2.05, 4.69) is 17.1 Å². The van der Waals surface area contributed by atoms with Gasteiger partial charge in [0, 0.05) is 25.2 Å². The minimum atomic E-state index is -0.240. The summed E-state index contributed by atoms with van der Waals surface area (Å²) in [6, 6.07) is 6.00. The second-order valence-corrected chi connectivity index (χ2v) is 8.65.